The van der Waals surface area contributed by atoms with Crippen LogP contribution in [0, 0.1) is 0 Å². The van der Waals surface area contributed by atoms with E-state index in [0.717, 1.165) is 11.5 Å². The minimum absolute atomic E-state index is 0.535. The van der Waals surface area contributed by atoms with Gasteiger partial charge in [0, 0.05) is 11.4 Å². The molecule has 0 spiro atoms. The van der Waals surface area contributed by atoms with E-state index in [0.29, 0.717) is 11.2 Å². The van der Waals surface area contributed by atoms with Gasteiger partial charge < -0.3 is 10.3 Å². The fraction of sp³-hybridized carbons (Fsp3) is 0.500. The predicted octanol–water partition coefficient (Wildman–Crippen LogP) is 2.10. The second-order valence-corrected chi connectivity index (χ2v) is 4.96. The molecule has 1 aliphatic rings. The smallest absolute Gasteiger partial charge is 0.183 e. The lowest BCUT2D eigenvalue weighted by molar-refractivity contribution is 0.521. The average Bonchev–Trinajstić information content (AvgIpc) is 2.96. The molecule has 1 saturated carbocycles. The molecule has 16 heavy (non-hydrogen) atoms. The molecular weight excluding hydrogens is 222 g/mol. The lowest BCUT2D eigenvalue weighted by atomic mass is 10.2. The SMILES string of the molecule is Nc1nc(-c2nncn2C2CCCC2)cs1. The summed E-state index contributed by atoms with van der Waals surface area (Å²) in [6.45, 7) is 0. The Morgan fingerprint density at radius 1 is 1.38 bits per heavy atom. The maximum Gasteiger partial charge on any atom is 0.183 e. The molecule has 0 saturated heterocycles. The van der Waals surface area contributed by atoms with Crippen LogP contribution in [0.4, 0.5) is 5.13 Å². The number of hydrogen-bond acceptors (Lipinski definition) is 5. The van der Waals surface area contributed by atoms with Crippen molar-refractivity contribution in [3.63, 3.8) is 0 Å². The molecular formula is C10H13N5S. The molecule has 2 aromatic heterocycles. The van der Waals surface area contributed by atoms with Crippen molar-refractivity contribution in [2.24, 2.45) is 0 Å². The number of thiazole rings is 1. The van der Waals surface area contributed by atoms with Crippen LogP contribution in [0.25, 0.3) is 11.5 Å². The first-order valence-electron chi connectivity index (χ1n) is 5.45. The zero-order chi connectivity index (χ0) is 11.0. The average molecular weight is 235 g/mol. The second-order valence-electron chi connectivity index (χ2n) is 4.07. The van der Waals surface area contributed by atoms with Gasteiger partial charge in [0.1, 0.15) is 12.0 Å². The third kappa shape index (κ3) is 1.59. The van der Waals surface area contributed by atoms with Gasteiger partial charge in [0.25, 0.3) is 0 Å². The van der Waals surface area contributed by atoms with Crippen molar-refractivity contribution in [2.75, 3.05) is 5.73 Å². The van der Waals surface area contributed by atoms with Crippen LogP contribution >= 0.6 is 11.3 Å². The molecule has 3 rings (SSSR count). The molecule has 0 amide bonds. The van der Waals surface area contributed by atoms with Crippen molar-refractivity contribution in [3.8, 4) is 11.5 Å². The normalized spacial score (nSPS) is 17.0. The van der Waals surface area contributed by atoms with E-state index in [2.05, 4.69) is 19.7 Å². The van der Waals surface area contributed by atoms with Gasteiger partial charge in [0.2, 0.25) is 0 Å². The molecule has 6 heteroatoms. The van der Waals surface area contributed by atoms with Gasteiger partial charge in [-0.15, -0.1) is 21.5 Å². The van der Waals surface area contributed by atoms with E-state index in [1.807, 2.05) is 5.38 Å². The van der Waals surface area contributed by atoms with E-state index >= 15 is 0 Å². The Kier molecular flexibility index (Phi) is 2.36. The van der Waals surface area contributed by atoms with Crippen LogP contribution in [0.3, 0.4) is 0 Å². The first-order valence-corrected chi connectivity index (χ1v) is 6.33. The van der Waals surface area contributed by atoms with E-state index in [-0.39, 0.29) is 0 Å². The summed E-state index contributed by atoms with van der Waals surface area (Å²) in [6, 6.07) is 0.535. The molecule has 0 aliphatic heterocycles. The second kappa shape index (κ2) is 3.86. The Balaban J connectivity index is 1.98. The molecule has 2 N–H and O–H groups in total. The Labute approximate surface area is 97.3 Å². The highest BCUT2D eigenvalue weighted by Crippen LogP contribution is 2.32. The first kappa shape index (κ1) is 9.77. The zero-order valence-corrected chi connectivity index (χ0v) is 9.65. The fourth-order valence-electron chi connectivity index (χ4n) is 2.27. The van der Waals surface area contributed by atoms with Gasteiger partial charge in [0.15, 0.2) is 11.0 Å². The summed E-state index contributed by atoms with van der Waals surface area (Å²) in [5, 5.41) is 10.6. The van der Waals surface area contributed by atoms with E-state index in [1.54, 1.807) is 6.33 Å². The van der Waals surface area contributed by atoms with Crippen LogP contribution in [0.2, 0.25) is 0 Å². The van der Waals surface area contributed by atoms with Crippen molar-refractivity contribution >= 4 is 16.5 Å². The van der Waals surface area contributed by atoms with Gasteiger partial charge >= 0.3 is 0 Å². The summed E-state index contributed by atoms with van der Waals surface area (Å²) in [7, 11) is 0. The highest BCUT2D eigenvalue weighted by Gasteiger charge is 2.21. The monoisotopic (exact) mass is 235 g/mol. The summed E-state index contributed by atoms with van der Waals surface area (Å²) in [6.07, 6.45) is 6.82. The van der Waals surface area contributed by atoms with E-state index in [4.69, 9.17) is 5.73 Å². The maximum absolute atomic E-state index is 5.64. The first-order chi connectivity index (χ1) is 7.84. The number of nitrogen functional groups attached to an aromatic ring is 1. The molecule has 0 unspecified atom stereocenters. The van der Waals surface area contributed by atoms with Crippen LogP contribution < -0.4 is 5.73 Å². The van der Waals surface area contributed by atoms with Crippen molar-refractivity contribution < 1.29 is 0 Å². The third-order valence-corrected chi connectivity index (χ3v) is 3.72. The maximum atomic E-state index is 5.64. The van der Waals surface area contributed by atoms with Gasteiger partial charge in [-0.2, -0.15) is 0 Å². The predicted molar refractivity (Wildman–Crippen MR) is 63.0 cm³/mol. The Morgan fingerprint density at radius 2 is 2.19 bits per heavy atom. The molecule has 0 bridgehead atoms. The molecule has 84 valence electrons. The van der Waals surface area contributed by atoms with E-state index in [9.17, 15) is 0 Å². The van der Waals surface area contributed by atoms with Crippen LogP contribution in [-0.2, 0) is 0 Å². The number of nitrogens with zero attached hydrogens (tertiary/aromatic N) is 4. The molecule has 0 atom stereocenters. The summed E-state index contributed by atoms with van der Waals surface area (Å²) >= 11 is 1.44. The van der Waals surface area contributed by atoms with Crippen molar-refractivity contribution in [1.29, 1.82) is 0 Å². The van der Waals surface area contributed by atoms with Crippen LogP contribution in [0.1, 0.15) is 31.7 Å². The number of hydrogen-bond donors (Lipinski definition) is 1. The molecule has 2 aromatic rings. The van der Waals surface area contributed by atoms with Crippen molar-refractivity contribution in [1.82, 2.24) is 19.7 Å². The van der Waals surface area contributed by atoms with Gasteiger partial charge in [-0.3, -0.25) is 0 Å². The van der Waals surface area contributed by atoms with Crippen LogP contribution in [0.5, 0.6) is 0 Å². The van der Waals surface area contributed by atoms with Crippen LogP contribution in [-0.4, -0.2) is 19.7 Å². The Morgan fingerprint density at radius 3 is 2.88 bits per heavy atom. The Hall–Kier alpha value is -1.43. The lowest BCUT2D eigenvalue weighted by Gasteiger charge is -2.12. The van der Waals surface area contributed by atoms with Gasteiger partial charge in [0.05, 0.1) is 0 Å². The summed E-state index contributed by atoms with van der Waals surface area (Å²) in [5.74, 6) is 0.847. The van der Waals surface area contributed by atoms with E-state index < -0.39 is 0 Å². The van der Waals surface area contributed by atoms with Gasteiger partial charge in [-0.05, 0) is 12.8 Å². The van der Waals surface area contributed by atoms with E-state index in [1.165, 1.54) is 37.0 Å². The molecule has 2 heterocycles. The highest BCUT2D eigenvalue weighted by atomic mass is 32.1. The molecule has 0 radical (unpaired) electrons. The third-order valence-electron chi connectivity index (χ3n) is 3.04. The fourth-order valence-corrected chi connectivity index (χ4v) is 2.81. The summed E-state index contributed by atoms with van der Waals surface area (Å²) in [5.41, 5.74) is 6.48. The number of aromatic nitrogens is 4. The zero-order valence-electron chi connectivity index (χ0n) is 8.83. The molecule has 5 nitrogen and oxygen atoms in total. The van der Waals surface area contributed by atoms with Crippen molar-refractivity contribution in [2.45, 2.75) is 31.7 Å². The Bertz CT molecular complexity index is 483. The van der Waals surface area contributed by atoms with Crippen LogP contribution in [0.15, 0.2) is 11.7 Å². The standard InChI is InChI=1S/C10H13N5S/c11-10-13-8(5-16-10)9-14-12-6-15(9)7-3-1-2-4-7/h5-7H,1-4H2,(H2,11,13). The molecule has 0 aromatic carbocycles. The van der Waals surface area contributed by atoms with Gasteiger partial charge in [-0.25, -0.2) is 4.98 Å². The molecule has 1 aliphatic carbocycles. The topological polar surface area (TPSA) is 69.6 Å². The summed E-state index contributed by atoms with van der Waals surface area (Å²) < 4.78 is 2.14. The number of rotatable bonds is 2. The highest BCUT2D eigenvalue weighted by molar-refractivity contribution is 7.13. The summed E-state index contributed by atoms with van der Waals surface area (Å²) in [4.78, 5) is 4.26. The quantitative estimate of drug-likeness (QED) is 0.865. The number of nitrogens with two attached hydrogens (primary N) is 1. The molecule has 1 fully saturated rings. The minimum atomic E-state index is 0.535. The van der Waals surface area contributed by atoms with Gasteiger partial charge in [-0.1, -0.05) is 12.8 Å². The van der Waals surface area contributed by atoms with Crippen molar-refractivity contribution in [3.05, 3.63) is 11.7 Å². The largest absolute Gasteiger partial charge is 0.375 e. The minimum Gasteiger partial charge on any atom is -0.375 e. The number of anilines is 1. The lowest BCUT2D eigenvalue weighted by Crippen LogP contribution is -2.05.